The Morgan fingerprint density at radius 2 is 1.67 bits per heavy atom. The second-order valence-corrected chi connectivity index (χ2v) is 5.71. The van der Waals surface area contributed by atoms with Crippen molar-refractivity contribution >= 4 is 24.2 Å². The lowest BCUT2D eigenvalue weighted by Crippen LogP contribution is -2.52. The van der Waals surface area contributed by atoms with E-state index in [-0.39, 0.29) is 24.2 Å². The first kappa shape index (κ1) is 20.4. The van der Waals surface area contributed by atoms with E-state index in [4.69, 9.17) is 4.74 Å². The molecule has 0 radical (unpaired) electrons. The van der Waals surface area contributed by atoms with Crippen LogP contribution >= 0.6 is 12.4 Å². The highest BCUT2D eigenvalue weighted by molar-refractivity contribution is 5.94. The third-order valence-corrected chi connectivity index (χ3v) is 3.98. The molecule has 2 amide bonds. The summed E-state index contributed by atoms with van der Waals surface area (Å²) in [5.41, 5.74) is 1.84. The summed E-state index contributed by atoms with van der Waals surface area (Å²) in [6.45, 7) is 5.90. The monoisotopic (exact) mass is 355 g/mol. The highest BCUT2D eigenvalue weighted by Crippen LogP contribution is 2.10. The van der Waals surface area contributed by atoms with Gasteiger partial charge in [0.1, 0.15) is 0 Å². The number of rotatable bonds is 6. The van der Waals surface area contributed by atoms with E-state index in [1.54, 1.807) is 12.0 Å². The van der Waals surface area contributed by atoms with Gasteiger partial charge in [-0.1, -0.05) is 17.7 Å². The summed E-state index contributed by atoms with van der Waals surface area (Å²) >= 11 is 0. The van der Waals surface area contributed by atoms with Crippen LogP contribution in [0.1, 0.15) is 15.9 Å². The van der Waals surface area contributed by atoms with Gasteiger partial charge >= 0.3 is 0 Å². The van der Waals surface area contributed by atoms with Gasteiger partial charge in [0.25, 0.3) is 5.91 Å². The molecule has 0 unspecified atom stereocenters. The molecule has 0 saturated carbocycles. The Balaban J connectivity index is 0.00000288. The lowest BCUT2D eigenvalue weighted by molar-refractivity contribution is -0.131. The summed E-state index contributed by atoms with van der Waals surface area (Å²) in [5.74, 6) is 0.110. The van der Waals surface area contributed by atoms with Crippen LogP contribution in [-0.4, -0.2) is 74.6 Å². The smallest absolute Gasteiger partial charge is 0.253 e. The Bertz CT molecular complexity index is 528. The van der Waals surface area contributed by atoms with Crippen LogP contribution in [-0.2, 0) is 9.53 Å². The van der Waals surface area contributed by atoms with Gasteiger partial charge in [0.15, 0.2) is 0 Å². The van der Waals surface area contributed by atoms with Crippen LogP contribution in [0.4, 0.5) is 0 Å². The zero-order valence-electron chi connectivity index (χ0n) is 14.3. The zero-order chi connectivity index (χ0) is 16.7. The number of nitrogens with zero attached hydrogens (tertiary/aromatic N) is 2. The van der Waals surface area contributed by atoms with Gasteiger partial charge in [-0.2, -0.15) is 0 Å². The van der Waals surface area contributed by atoms with Crippen molar-refractivity contribution in [1.82, 2.24) is 15.1 Å². The van der Waals surface area contributed by atoms with E-state index in [0.29, 0.717) is 51.4 Å². The molecule has 0 bridgehead atoms. The molecular weight excluding hydrogens is 330 g/mol. The Kier molecular flexibility index (Phi) is 8.74. The van der Waals surface area contributed by atoms with Gasteiger partial charge in [-0.15, -0.1) is 12.4 Å². The first-order chi connectivity index (χ1) is 11.1. The maximum absolute atomic E-state index is 12.4. The molecule has 1 N–H and O–H groups in total. The van der Waals surface area contributed by atoms with Crippen LogP contribution < -0.4 is 5.32 Å². The van der Waals surface area contributed by atoms with E-state index in [9.17, 15) is 9.59 Å². The molecule has 0 spiro atoms. The van der Waals surface area contributed by atoms with E-state index in [1.165, 1.54) is 0 Å². The highest BCUT2D eigenvalue weighted by atomic mass is 35.5. The van der Waals surface area contributed by atoms with Gasteiger partial charge in [-0.05, 0) is 19.1 Å². The van der Waals surface area contributed by atoms with Crippen molar-refractivity contribution in [2.75, 3.05) is 53.0 Å². The van der Waals surface area contributed by atoms with E-state index in [0.717, 1.165) is 5.56 Å². The second kappa shape index (κ2) is 10.3. The van der Waals surface area contributed by atoms with Crippen molar-refractivity contribution in [1.29, 1.82) is 0 Å². The van der Waals surface area contributed by atoms with Crippen LogP contribution in [0.25, 0.3) is 0 Å². The number of hydrogen-bond donors (Lipinski definition) is 1. The average Bonchev–Trinajstić information content (AvgIpc) is 2.59. The van der Waals surface area contributed by atoms with Crippen LogP contribution in [0, 0.1) is 6.92 Å². The Labute approximate surface area is 149 Å². The average molecular weight is 356 g/mol. The summed E-state index contributed by atoms with van der Waals surface area (Å²) in [7, 11) is 1.63. The van der Waals surface area contributed by atoms with Crippen molar-refractivity contribution in [3.63, 3.8) is 0 Å². The molecule has 0 aromatic heterocycles. The predicted molar refractivity (Wildman–Crippen MR) is 95.7 cm³/mol. The summed E-state index contributed by atoms with van der Waals surface area (Å²) in [4.78, 5) is 28.1. The second-order valence-electron chi connectivity index (χ2n) is 5.71. The van der Waals surface area contributed by atoms with Gasteiger partial charge in [0.05, 0.1) is 13.2 Å². The predicted octanol–water partition coefficient (Wildman–Crippen LogP) is 0.937. The van der Waals surface area contributed by atoms with Gasteiger partial charge in [0.2, 0.25) is 5.91 Å². The van der Waals surface area contributed by atoms with Crippen LogP contribution in [0.3, 0.4) is 0 Å². The number of amides is 2. The van der Waals surface area contributed by atoms with Gasteiger partial charge in [0, 0.05) is 45.4 Å². The topological polar surface area (TPSA) is 61.9 Å². The quantitative estimate of drug-likeness (QED) is 0.771. The van der Waals surface area contributed by atoms with Crippen molar-refractivity contribution in [3.05, 3.63) is 35.4 Å². The van der Waals surface area contributed by atoms with Gasteiger partial charge in [-0.3, -0.25) is 9.59 Å². The largest absolute Gasteiger partial charge is 0.383 e. The Morgan fingerprint density at radius 3 is 2.25 bits per heavy atom. The molecule has 7 heteroatoms. The fourth-order valence-electron chi connectivity index (χ4n) is 2.52. The summed E-state index contributed by atoms with van der Waals surface area (Å²) < 4.78 is 4.93. The van der Waals surface area contributed by atoms with Crippen LogP contribution in [0.15, 0.2) is 24.3 Å². The molecule has 1 aliphatic heterocycles. The molecule has 1 saturated heterocycles. The van der Waals surface area contributed by atoms with E-state index in [1.807, 2.05) is 36.1 Å². The Morgan fingerprint density at radius 1 is 1.08 bits per heavy atom. The minimum atomic E-state index is 0. The molecule has 1 aromatic carbocycles. The lowest BCUT2D eigenvalue weighted by Gasteiger charge is -2.35. The zero-order valence-corrected chi connectivity index (χ0v) is 15.1. The number of nitrogens with one attached hydrogen (secondary N) is 1. The van der Waals surface area contributed by atoms with E-state index < -0.39 is 0 Å². The fraction of sp³-hybridized carbons (Fsp3) is 0.529. The maximum Gasteiger partial charge on any atom is 0.253 e. The number of hydrogen-bond acceptors (Lipinski definition) is 4. The van der Waals surface area contributed by atoms with E-state index in [2.05, 4.69) is 5.32 Å². The van der Waals surface area contributed by atoms with Crippen molar-refractivity contribution in [2.45, 2.75) is 6.92 Å². The number of carbonyl (C=O) groups excluding carboxylic acids is 2. The molecular formula is C17H26ClN3O3. The van der Waals surface area contributed by atoms with Gasteiger partial charge in [-0.25, -0.2) is 0 Å². The highest BCUT2D eigenvalue weighted by Gasteiger charge is 2.24. The Hall–Kier alpha value is -1.63. The van der Waals surface area contributed by atoms with Gasteiger partial charge < -0.3 is 19.9 Å². The first-order valence-corrected chi connectivity index (χ1v) is 7.95. The minimum absolute atomic E-state index is 0. The lowest BCUT2D eigenvalue weighted by atomic mass is 10.1. The molecule has 2 rings (SSSR count). The standard InChI is InChI=1S/C17H25N3O3.ClH/c1-14-3-5-15(6-4-14)17(22)20-10-8-19(9-11-20)16(21)13-18-7-12-23-2;/h3-6,18H,7-13H2,1-2H3;1H. The fourth-order valence-corrected chi connectivity index (χ4v) is 2.52. The number of aryl methyl sites for hydroxylation is 1. The molecule has 6 nitrogen and oxygen atoms in total. The third kappa shape index (κ3) is 5.78. The molecule has 1 heterocycles. The SMILES string of the molecule is COCCNCC(=O)N1CCN(C(=O)c2ccc(C)cc2)CC1.Cl. The third-order valence-electron chi connectivity index (χ3n) is 3.98. The molecule has 1 fully saturated rings. The van der Waals surface area contributed by atoms with Crippen molar-refractivity contribution in [2.24, 2.45) is 0 Å². The van der Waals surface area contributed by atoms with Crippen molar-refractivity contribution < 1.29 is 14.3 Å². The molecule has 24 heavy (non-hydrogen) atoms. The summed E-state index contributed by atoms with van der Waals surface area (Å²) in [6, 6.07) is 7.60. The maximum atomic E-state index is 12.4. The molecule has 134 valence electrons. The van der Waals surface area contributed by atoms with Crippen LogP contribution in [0.5, 0.6) is 0 Å². The van der Waals surface area contributed by atoms with Crippen LogP contribution in [0.2, 0.25) is 0 Å². The molecule has 1 aromatic rings. The number of ether oxygens (including phenoxy) is 1. The number of carbonyl (C=O) groups is 2. The first-order valence-electron chi connectivity index (χ1n) is 7.95. The number of piperazine rings is 1. The van der Waals surface area contributed by atoms with Crippen molar-refractivity contribution in [3.8, 4) is 0 Å². The minimum Gasteiger partial charge on any atom is -0.383 e. The number of methoxy groups -OCH3 is 1. The number of halogens is 1. The van der Waals surface area contributed by atoms with E-state index >= 15 is 0 Å². The normalized spacial score (nSPS) is 14.2. The molecule has 0 atom stereocenters. The number of benzene rings is 1. The molecule has 0 aliphatic carbocycles. The molecule has 1 aliphatic rings. The summed E-state index contributed by atoms with van der Waals surface area (Å²) in [5, 5.41) is 3.05. The summed E-state index contributed by atoms with van der Waals surface area (Å²) in [6.07, 6.45) is 0.